The lowest BCUT2D eigenvalue weighted by Gasteiger charge is -2.17. The van der Waals surface area contributed by atoms with Crippen LogP contribution in [0.1, 0.15) is 13.8 Å². The van der Waals surface area contributed by atoms with E-state index in [9.17, 15) is 14.9 Å². The van der Waals surface area contributed by atoms with Crippen LogP contribution < -0.4 is 11.1 Å². The Balaban J connectivity index is 2.77. The molecule has 0 spiro atoms. The van der Waals surface area contributed by atoms with Crippen LogP contribution in [0.15, 0.2) is 24.3 Å². The summed E-state index contributed by atoms with van der Waals surface area (Å²) in [6, 6.07) is 5.56. The first-order valence-electron chi connectivity index (χ1n) is 4.65. The van der Waals surface area contributed by atoms with E-state index in [-0.39, 0.29) is 11.6 Å². The summed E-state index contributed by atoms with van der Waals surface area (Å²) in [5.41, 5.74) is 5.06. The Bertz CT molecular complexity index is 406. The number of carbonyl (C=O) groups is 1. The van der Waals surface area contributed by atoms with Gasteiger partial charge >= 0.3 is 0 Å². The summed E-state index contributed by atoms with van der Waals surface area (Å²) >= 11 is 0. The highest BCUT2D eigenvalue weighted by molar-refractivity contribution is 5.97. The van der Waals surface area contributed by atoms with E-state index in [2.05, 4.69) is 5.32 Å². The molecule has 0 heterocycles. The molecule has 1 aromatic carbocycles. The summed E-state index contributed by atoms with van der Waals surface area (Å²) in [5.74, 6) is -0.346. The number of nitrogens with two attached hydrogens (primary N) is 1. The van der Waals surface area contributed by atoms with Gasteiger partial charge in [0.25, 0.3) is 5.69 Å². The van der Waals surface area contributed by atoms with Gasteiger partial charge in [0.05, 0.1) is 10.5 Å². The molecule has 3 N–H and O–H groups in total. The minimum atomic E-state index is -0.984. The standard InChI is InChI=1S/C10H13N3O3/c1-10(2,11)9(14)12-7-3-5-8(6-4-7)13(15)16/h3-6H,11H2,1-2H3,(H,12,14). The molecule has 0 unspecified atom stereocenters. The largest absolute Gasteiger partial charge is 0.325 e. The number of rotatable bonds is 3. The van der Waals surface area contributed by atoms with Gasteiger partial charge < -0.3 is 11.1 Å². The lowest BCUT2D eigenvalue weighted by Crippen LogP contribution is -2.45. The van der Waals surface area contributed by atoms with Gasteiger partial charge in [-0.2, -0.15) is 0 Å². The number of hydrogen-bond donors (Lipinski definition) is 2. The predicted molar refractivity (Wildman–Crippen MR) is 60.0 cm³/mol. The minimum Gasteiger partial charge on any atom is -0.325 e. The van der Waals surface area contributed by atoms with Crippen molar-refractivity contribution in [3.05, 3.63) is 34.4 Å². The zero-order valence-corrected chi connectivity index (χ0v) is 9.06. The topological polar surface area (TPSA) is 98.3 Å². The Morgan fingerprint density at radius 2 is 1.88 bits per heavy atom. The number of carbonyl (C=O) groups excluding carboxylic acids is 1. The van der Waals surface area contributed by atoms with Crippen molar-refractivity contribution in [1.82, 2.24) is 0 Å². The van der Waals surface area contributed by atoms with Gasteiger partial charge in [0.2, 0.25) is 5.91 Å². The highest BCUT2D eigenvalue weighted by atomic mass is 16.6. The highest BCUT2D eigenvalue weighted by Gasteiger charge is 2.21. The zero-order chi connectivity index (χ0) is 12.3. The Kier molecular flexibility index (Phi) is 3.24. The maximum absolute atomic E-state index is 11.5. The molecule has 0 saturated carbocycles. The molecule has 1 rings (SSSR count). The Labute approximate surface area is 92.6 Å². The van der Waals surface area contributed by atoms with Crippen molar-refractivity contribution in [3.63, 3.8) is 0 Å². The van der Waals surface area contributed by atoms with E-state index in [4.69, 9.17) is 5.73 Å². The maximum atomic E-state index is 11.5. The van der Waals surface area contributed by atoms with Crippen LogP contribution in [0, 0.1) is 10.1 Å². The van der Waals surface area contributed by atoms with Gasteiger partial charge in [0, 0.05) is 17.8 Å². The third kappa shape index (κ3) is 3.03. The van der Waals surface area contributed by atoms with Crippen molar-refractivity contribution >= 4 is 17.3 Å². The van der Waals surface area contributed by atoms with Gasteiger partial charge in [-0.15, -0.1) is 0 Å². The highest BCUT2D eigenvalue weighted by Crippen LogP contribution is 2.16. The lowest BCUT2D eigenvalue weighted by molar-refractivity contribution is -0.384. The SMILES string of the molecule is CC(C)(N)C(=O)Nc1ccc([N+](=O)[O-])cc1. The number of benzene rings is 1. The van der Waals surface area contributed by atoms with E-state index < -0.39 is 10.5 Å². The Hall–Kier alpha value is -1.95. The van der Waals surface area contributed by atoms with E-state index >= 15 is 0 Å². The lowest BCUT2D eigenvalue weighted by atomic mass is 10.1. The molecule has 0 radical (unpaired) electrons. The molecular weight excluding hydrogens is 210 g/mol. The second-order valence-corrected chi connectivity index (χ2v) is 3.98. The summed E-state index contributed by atoms with van der Waals surface area (Å²) in [5, 5.41) is 13.0. The van der Waals surface area contributed by atoms with Gasteiger partial charge in [0.15, 0.2) is 0 Å². The monoisotopic (exact) mass is 223 g/mol. The van der Waals surface area contributed by atoms with Crippen molar-refractivity contribution in [3.8, 4) is 0 Å². The first-order chi connectivity index (χ1) is 7.30. The summed E-state index contributed by atoms with van der Waals surface area (Å²) in [6.45, 7) is 3.15. The normalized spacial score (nSPS) is 10.9. The van der Waals surface area contributed by atoms with Crippen LogP contribution in [0.5, 0.6) is 0 Å². The predicted octanol–water partition coefficient (Wildman–Crippen LogP) is 1.27. The van der Waals surface area contributed by atoms with Crippen LogP contribution in [0.3, 0.4) is 0 Å². The molecule has 6 heteroatoms. The van der Waals surface area contributed by atoms with Crippen molar-refractivity contribution < 1.29 is 9.72 Å². The molecule has 0 atom stereocenters. The molecule has 0 bridgehead atoms. The van der Waals surface area contributed by atoms with Crippen LogP contribution in [0.25, 0.3) is 0 Å². The number of nitro benzene ring substituents is 1. The average molecular weight is 223 g/mol. The van der Waals surface area contributed by atoms with Gasteiger partial charge in [0.1, 0.15) is 0 Å². The van der Waals surface area contributed by atoms with Crippen molar-refractivity contribution in [2.45, 2.75) is 19.4 Å². The third-order valence-electron chi connectivity index (χ3n) is 1.92. The molecule has 86 valence electrons. The van der Waals surface area contributed by atoms with Crippen LogP contribution in [-0.4, -0.2) is 16.4 Å². The number of hydrogen-bond acceptors (Lipinski definition) is 4. The Morgan fingerprint density at radius 1 is 1.38 bits per heavy atom. The van der Waals surface area contributed by atoms with E-state index in [1.807, 2.05) is 0 Å². The molecule has 1 aromatic rings. The van der Waals surface area contributed by atoms with E-state index in [1.54, 1.807) is 13.8 Å². The molecule has 0 aromatic heterocycles. The smallest absolute Gasteiger partial charge is 0.269 e. The molecule has 6 nitrogen and oxygen atoms in total. The van der Waals surface area contributed by atoms with E-state index in [0.29, 0.717) is 5.69 Å². The average Bonchev–Trinajstić information content (AvgIpc) is 2.17. The molecule has 0 aliphatic carbocycles. The number of amides is 1. The number of non-ortho nitro benzene ring substituents is 1. The van der Waals surface area contributed by atoms with Crippen LogP contribution in [-0.2, 0) is 4.79 Å². The molecule has 0 saturated heterocycles. The van der Waals surface area contributed by atoms with Crippen molar-refractivity contribution in [1.29, 1.82) is 0 Å². The quantitative estimate of drug-likeness (QED) is 0.595. The number of anilines is 1. The summed E-state index contributed by atoms with van der Waals surface area (Å²) in [4.78, 5) is 21.4. The zero-order valence-electron chi connectivity index (χ0n) is 9.06. The molecule has 0 fully saturated rings. The van der Waals surface area contributed by atoms with E-state index in [0.717, 1.165) is 0 Å². The second kappa shape index (κ2) is 4.28. The minimum absolute atomic E-state index is 0.0231. The van der Waals surface area contributed by atoms with E-state index in [1.165, 1.54) is 24.3 Å². The van der Waals surface area contributed by atoms with Crippen molar-refractivity contribution in [2.75, 3.05) is 5.32 Å². The molecule has 1 amide bonds. The number of nitro groups is 1. The summed E-state index contributed by atoms with van der Waals surface area (Å²) in [7, 11) is 0. The van der Waals surface area contributed by atoms with Gasteiger partial charge in [-0.1, -0.05) is 0 Å². The van der Waals surface area contributed by atoms with Crippen LogP contribution in [0.2, 0.25) is 0 Å². The van der Waals surface area contributed by atoms with Gasteiger partial charge in [-0.05, 0) is 26.0 Å². The molecule has 0 aliphatic rings. The first-order valence-corrected chi connectivity index (χ1v) is 4.65. The fourth-order valence-corrected chi connectivity index (χ4v) is 0.959. The van der Waals surface area contributed by atoms with Crippen LogP contribution in [0.4, 0.5) is 11.4 Å². The summed E-state index contributed by atoms with van der Waals surface area (Å²) in [6.07, 6.45) is 0. The number of nitrogens with zero attached hydrogens (tertiary/aromatic N) is 1. The summed E-state index contributed by atoms with van der Waals surface area (Å²) < 4.78 is 0. The molecule has 16 heavy (non-hydrogen) atoms. The third-order valence-corrected chi connectivity index (χ3v) is 1.92. The fraction of sp³-hybridized carbons (Fsp3) is 0.300. The van der Waals surface area contributed by atoms with Crippen molar-refractivity contribution in [2.24, 2.45) is 5.73 Å². The number of nitrogens with one attached hydrogen (secondary N) is 1. The molecule has 0 aliphatic heterocycles. The van der Waals surface area contributed by atoms with Crippen LogP contribution >= 0.6 is 0 Å². The second-order valence-electron chi connectivity index (χ2n) is 3.98. The Morgan fingerprint density at radius 3 is 2.25 bits per heavy atom. The first kappa shape index (κ1) is 12.1. The van der Waals surface area contributed by atoms with Gasteiger partial charge in [-0.3, -0.25) is 14.9 Å². The molecular formula is C10H13N3O3. The van der Waals surface area contributed by atoms with Gasteiger partial charge in [-0.25, -0.2) is 0 Å². The maximum Gasteiger partial charge on any atom is 0.269 e. The fourth-order valence-electron chi connectivity index (χ4n) is 0.959.